The molecule has 0 aromatic heterocycles. The van der Waals surface area contributed by atoms with E-state index in [1.807, 2.05) is 6.92 Å². The van der Waals surface area contributed by atoms with E-state index in [4.69, 9.17) is 9.84 Å². The number of carbonyl (C=O) groups excluding carboxylic acids is 1. The number of carboxylic acids is 1. The molecule has 1 amide bonds. The smallest absolute Gasteiger partial charge is 0.406 e. The number of nitrogens with zero attached hydrogens (tertiary/aromatic N) is 1. The number of likely N-dealkylation sites (tertiary alicyclic amines) is 1. The van der Waals surface area contributed by atoms with Crippen molar-refractivity contribution < 1.29 is 32.6 Å². The van der Waals surface area contributed by atoms with Crippen LogP contribution in [0.25, 0.3) is 0 Å². The third kappa shape index (κ3) is 3.66. The van der Waals surface area contributed by atoms with E-state index in [0.29, 0.717) is 6.61 Å². The number of amides is 1. The summed E-state index contributed by atoms with van der Waals surface area (Å²) in [7, 11) is 0. The van der Waals surface area contributed by atoms with E-state index in [9.17, 15) is 22.8 Å². The molecule has 0 aromatic carbocycles. The summed E-state index contributed by atoms with van der Waals surface area (Å²) in [5.41, 5.74) is -2.87. The molecule has 1 aliphatic rings. The van der Waals surface area contributed by atoms with Crippen LogP contribution in [0.4, 0.5) is 13.2 Å². The molecule has 0 bridgehead atoms. The van der Waals surface area contributed by atoms with Gasteiger partial charge < -0.3 is 14.7 Å². The highest BCUT2D eigenvalue weighted by Gasteiger charge is 2.64. The highest BCUT2D eigenvalue weighted by atomic mass is 19.4. The van der Waals surface area contributed by atoms with Gasteiger partial charge in [-0.3, -0.25) is 9.59 Å². The number of hydrogen-bond donors (Lipinski definition) is 1. The van der Waals surface area contributed by atoms with E-state index in [2.05, 4.69) is 0 Å². The Bertz CT molecular complexity index is 399. The molecule has 2 atom stereocenters. The van der Waals surface area contributed by atoms with Gasteiger partial charge in [0.1, 0.15) is 6.10 Å². The van der Waals surface area contributed by atoms with Gasteiger partial charge in [0.15, 0.2) is 5.41 Å². The van der Waals surface area contributed by atoms with Gasteiger partial charge in [-0.15, -0.1) is 0 Å². The Morgan fingerprint density at radius 3 is 2.48 bits per heavy atom. The highest BCUT2D eigenvalue weighted by Crippen LogP contribution is 2.45. The van der Waals surface area contributed by atoms with Crippen molar-refractivity contribution in [1.29, 1.82) is 0 Å². The summed E-state index contributed by atoms with van der Waals surface area (Å²) < 4.78 is 44.3. The Labute approximate surface area is 121 Å². The van der Waals surface area contributed by atoms with E-state index in [1.54, 1.807) is 0 Å². The van der Waals surface area contributed by atoms with Crippen LogP contribution in [0.5, 0.6) is 0 Å². The first-order chi connectivity index (χ1) is 9.65. The van der Waals surface area contributed by atoms with Gasteiger partial charge >= 0.3 is 12.1 Å². The molecule has 1 aliphatic heterocycles. The molecule has 8 heteroatoms. The van der Waals surface area contributed by atoms with Crippen LogP contribution in [-0.2, 0) is 14.3 Å². The molecule has 1 fully saturated rings. The second-order valence-corrected chi connectivity index (χ2v) is 5.26. The van der Waals surface area contributed by atoms with Crippen molar-refractivity contribution in [2.24, 2.45) is 5.41 Å². The third-order valence-electron chi connectivity index (χ3n) is 3.75. The summed E-state index contributed by atoms with van der Waals surface area (Å²) in [6.45, 7) is 2.67. The van der Waals surface area contributed by atoms with Crippen LogP contribution in [-0.4, -0.2) is 53.9 Å². The van der Waals surface area contributed by atoms with E-state index >= 15 is 0 Å². The molecule has 0 radical (unpaired) electrons. The predicted molar refractivity (Wildman–Crippen MR) is 67.6 cm³/mol. The lowest BCUT2D eigenvalue weighted by atomic mass is 9.86. The molecule has 2 unspecified atom stereocenters. The molecule has 1 rings (SSSR count). The predicted octanol–water partition coefficient (Wildman–Crippen LogP) is 2.06. The van der Waals surface area contributed by atoms with Crippen molar-refractivity contribution in [3.05, 3.63) is 0 Å². The number of ether oxygens (including phenoxy) is 1. The Hall–Kier alpha value is -1.31. The van der Waals surface area contributed by atoms with Gasteiger partial charge in [0.25, 0.3) is 5.91 Å². The van der Waals surface area contributed by atoms with Crippen LogP contribution in [0.3, 0.4) is 0 Å². The summed E-state index contributed by atoms with van der Waals surface area (Å²) >= 11 is 0. The summed E-state index contributed by atoms with van der Waals surface area (Å²) in [5.74, 6) is -2.54. The average Bonchev–Trinajstić information content (AvgIpc) is 2.83. The van der Waals surface area contributed by atoms with Crippen molar-refractivity contribution in [3.8, 4) is 0 Å². The Morgan fingerprint density at radius 2 is 2.05 bits per heavy atom. The van der Waals surface area contributed by atoms with Crippen molar-refractivity contribution in [2.75, 3.05) is 19.7 Å². The number of halogens is 3. The fraction of sp³-hybridized carbons (Fsp3) is 0.846. The molecular formula is C13H20F3NO4. The van der Waals surface area contributed by atoms with Gasteiger partial charge in [-0.05, 0) is 19.8 Å². The van der Waals surface area contributed by atoms with Crippen molar-refractivity contribution in [2.45, 2.75) is 45.4 Å². The highest BCUT2D eigenvalue weighted by molar-refractivity contribution is 5.83. The normalized spacial score (nSPS) is 24.1. The second-order valence-electron chi connectivity index (χ2n) is 5.26. The molecule has 0 aliphatic carbocycles. The SMILES string of the molecule is CCCCOC(C)C(=O)N1CCC(C(=O)O)(C(F)(F)F)C1. The second kappa shape index (κ2) is 6.64. The molecule has 0 saturated carbocycles. The summed E-state index contributed by atoms with van der Waals surface area (Å²) in [6, 6.07) is 0. The van der Waals surface area contributed by atoms with Gasteiger partial charge in [-0.1, -0.05) is 13.3 Å². The first-order valence-electron chi connectivity index (χ1n) is 6.86. The first kappa shape index (κ1) is 17.7. The molecule has 21 heavy (non-hydrogen) atoms. The fourth-order valence-corrected chi connectivity index (χ4v) is 2.26. The standard InChI is InChI=1S/C13H20F3NO4/c1-3-4-7-21-9(2)10(18)17-6-5-12(8-17,11(19)20)13(14,15)16/h9H,3-8H2,1-2H3,(H,19,20). The monoisotopic (exact) mass is 311 g/mol. The minimum absolute atomic E-state index is 0.230. The van der Waals surface area contributed by atoms with Gasteiger partial charge in [-0.2, -0.15) is 13.2 Å². The van der Waals surface area contributed by atoms with Crippen LogP contribution in [0.1, 0.15) is 33.1 Å². The molecule has 5 nitrogen and oxygen atoms in total. The van der Waals surface area contributed by atoms with E-state index < -0.39 is 42.5 Å². The molecule has 0 spiro atoms. The number of carbonyl (C=O) groups is 2. The molecule has 1 N–H and O–H groups in total. The number of carboxylic acid groups (broad SMARTS) is 1. The average molecular weight is 311 g/mol. The van der Waals surface area contributed by atoms with E-state index in [0.717, 1.165) is 17.7 Å². The van der Waals surface area contributed by atoms with Crippen LogP contribution in [0, 0.1) is 5.41 Å². The zero-order valence-corrected chi connectivity index (χ0v) is 12.1. The summed E-state index contributed by atoms with van der Waals surface area (Å²) in [4.78, 5) is 24.0. The van der Waals surface area contributed by atoms with Gasteiger partial charge in [0.05, 0.1) is 0 Å². The molecule has 1 heterocycles. The van der Waals surface area contributed by atoms with Gasteiger partial charge in [-0.25, -0.2) is 0 Å². The lowest BCUT2D eigenvalue weighted by Gasteiger charge is -2.28. The fourth-order valence-electron chi connectivity index (χ4n) is 2.26. The Morgan fingerprint density at radius 1 is 1.43 bits per heavy atom. The first-order valence-corrected chi connectivity index (χ1v) is 6.86. The van der Waals surface area contributed by atoms with Crippen LogP contribution < -0.4 is 0 Å². The summed E-state index contributed by atoms with van der Waals surface area (Å²) in [6.07, 6.45) is -4.76. The molecular weight excluding hydrogens is 291 g/mol. The number of rotatable bonds is 6. The van der Waals surface area contributed by atoms with Gasteiger partial charge in [0.2, 0.25) is 0 Å². The maximum Gasteiger partial charge on any atom is 0.406 e. The van der Waals surface area contributed by atoms with Crippen molar-refractivity contribution in [3.63, 3.8) is 0 Å². The molecule has 122 valence electrons. The molecule has 1 saturated heterocycles. The zero-order chi connectivity index (χ0) is 16.3. The van der Waals surface area contributed by atoms with E-state index in [1.165, 1.54) is 6.92 Å². The van der Waals surface area contributed by atoms with Crippen LogP contribution in [0.15, 0.2) is 0 Å². The van der Waals surface area contributed by atoms with E-state index in [-0.39, 0.29) is 6.54 Å². The zero-order valence-electron chi connectivity index (χ0n) is 12.1. The largest absolute Gasteiger partial charge is 0.481 e. The van der Waals surface area contributed by atoms with Crippen molar-refractivity contribution in [1.82, 2.24) is 4.90 Å². The Kier molecular flexibility index (Phi) is 5.61. The third-order valence-corrected chi connectivity index (χ3v) is 3.75. The van der Waals surface area contributed by atoms with Crippen molar-refractivity contribution >= 4 is 11.9 Å². The minimum Gasteiger partial charge on any atom is -0.481 e. The topological polar surface area (TPSA) is 66.8 Å². The van der Waals surface area contributed by atoms with Gasteiger partial charge in [0, 0.05) is 19.7 Å². The number of alkyl halides is 3. The summed E-state index contributed by atoms with van der Waals surface area (Å²) in [5, 5.41) is 8.92. The Balaban J connectivity index is 2.72. The number of aliphatic carboxylic acids is 1. The number of hydrogen-bond acceptors (Lipinski definition) is 3. The maximum atomic E-state index is 13.0. The quantitative estimate of drug-likeness (QED) is 0.763. The van der Waals surface area contributed by atoms with Crippen LogP contribution in [0.2, 0.25) is 0 Å². The maximum absolute atomic E-state index is 13.0. The lowest BCUT2D eigenvalue weighted by Crippen LogP contribution is -2.48. The minimum atomic E-state index is -4.89. The van der Waals surface area contributed by atoms with Crippen LogP contribution >= 0.6 is 0 Å². The molecule has 0 aromatic rings. The lowest BCUT2D eigenvalue weighted by molar-refractivity contribution is -0.227. The number of unbranched alkanes of at least 4 members (excludes halogenated alkanes) is 1.